The van der Waals surface area contributed by atoms with Gasteiger partial charge in [-0.05, 0) is 61.7 Å². The van der Waals surface area contributed by atoms with E-state index in [4.69, 9.17) is 9.47 Å². The van der Waals surface area contributed by atoms with Crippen LogP contribution in [0.2, 0.25) is 0 Å². The summed E-state index contributed by atoms with van der Waals surface area (Å²) in [6.07, 6.45) is 8.97. The predicted molar refractivity (Wildman–Crippen MR) is 107 cm³/mol. The second-order valence-electron chi connectivity index (χ2n) is 10.7. The van der Waals surface area contributed by atoms with Gasteiger partial charge in [0.05, 0.1) is 12.7 Å². The minimum absolute atomic E-state index is 0.00246. The van der Waals surface area contributed by atoms with Crippen LogP contribution in [0.1, 0.15) is 72.1 Å². The van der Waals surface area contributed by atoms with Gasteiger partial charge in [-0.15, -0.1) is 0 Å². The molecule has 1 saturated heterocycles. The van der Waals surface area contributed by atoms with Crippen LogP contribution in [-0.2, 0) is 19.1 Å². The van der Waals surface area contributed by atoms with Gasteiger partial charge in [-0.3, -0.25) is 9.59 Å². The first-order valence-corrected chi connectivity index (χ1v) is 11.4. The molecule has 160 valence electrons. The molecule has 0 spiro atoms. The SMILES string of the molecule is CC(=O)O[C@@H]1CC[C@@]2(C)C(=CC[C@H]3[C@H]2CC[C@@]2(C)[C@H]3C[C@@H]3OCCC(=O)[C@@]32O)C1. The number of allylic oxidation sites excluding steroid dienone is 1. The molecular weight excluding hydrogens is 368 g/mol. The highest BCUT2D eigenvalue weighted by Crippen LogP contribution is 2.68. The standard InChI is InChI=1S/C24H34O5/c1-14(25)29-16-6-9-22(2)15(12-16)4-5-17-18(22)7-10-23(3)19(17)13-21-24(23,27)20(26)8-11-28-21/h4,16-19,21,27H,5-13H2,1-3H3/t16-,17+,18-,19+,21+,22+,23+,24-/m1/s1. The van der Waals surface area contributed by atoms with Crippen LogP contribution in [-0.4, -0.2) is 41.3 Å². The van der Waals surface area contributed by atoms with E-state index in [9.17, 15) is 14.7 Å². The largest absolute Gasteiger partial charge is 0.462 e. The summed E-state index contributed by atoms with van der Waals surface area (Å²) in [6, 6.07) is 0. The van der Waals surface area contributed by atoms with Crippen molar-refractivity contribution in [2.75, 3.05) is 6.61 Å². The molecule has 0 aromatic heterocycles. The summed E-state index contributed by atoms with van der Waals surface area (Å²) in [5, 5.41) is 11.6. The van der Waals surface area contributed by atoms with Crippen LogP contribution < -0.4 is 0 Å². The second kappa shape index (κ2) is 6.40. The molecule has 1 heterocycles. The molecule has 0 aromatic rings. The van der Waals surface area contributed by atoms with Gasteiger partial charge >= 0.3 is 5.97 Å². The Morgan fingerprint density at radius 3 is 2.79 bits per heavy atom. The van der Waals surface area contributed by atoms with Gasteiger partial charge in [-0.25, -0.2) is 0 Å². The number of esters is 1. The van der Waals surface area contributed by atoms with E-state index in [2.05, 4.69) is 19.9 Å². The molecule has 0 amide bonds. The van der Waals surface area contributed by atoms with Crippen molar-refractivity contribution < 1.29 is 24.2 Å². The number of carbonyl (C=O) groups is 2. The number of carbonyl (C=O) groups excluding carboxylic acids is 2. The Hall–Kier alpha value is -1.20. The maximum absolute atomic E-state index is 12.8. The molecule has 4 aliphatic carbocycles. The van der Waals surface area contributed by atoms with Gasteiger partial charge in [0.2, 0.25) is 0 Å². The summed E-state index contributed by atoms with van der Waals surface area (Å²) in [5.41, 5.74) is -0.0882. The van der Waals surface area contributed by atoms with E-state index in [0.29, 0.717) is 30.8 Å². The van der Waals surface area contributed by atoms with Crippen molar-refractivity contribution in [2.24, 2.45) is 28.6 Å². The molecule has 0 radical (unpaired) electrons. The van der Waals surface area contributed by atoms with Crippen molar-refractivity contribution in [1.82, 2.24) is 0 Å². The average Bonchev–Trinajstić information content (AvgIpc) is 2.91. The third-order valence-corrected chi connectivity index (χ3v) is 9.66. The summed E-state index contributed by atoms with van der Waals surface area (Å²) in [5.74, 6) is 1.18. The van der Waals surface area contributed by atoms with Crippen molar-refractivity contribution in [3.63, 3.8) is 0 Å². The Kier molecular flexibility index (Phi) is 4.36. The predicted octanol–water partition coefficient (Wildman–Crippen LogP) is 3.58. The van der Waals surface area contributed by atoms with Crippen LogP contribution in [0.4, 0.5) is 0 Å². The van der Waals surface area contributed by atoms with Crippen LogP contribution in [0.3, 0.4) is 0 Å². The monoisotopic (exact) mass is 402 g/mol. The lowest BCUT2D eigenvalue weighted by Crippen LogP contribution is -2.62. The summed E-state index contributed by atoms with van der Waals surface area (Å²) in [6.45, 7) is 6.50. The molecule has 3 saturated carbocycles. The lowest BCUT2D eigenvalue weighted by atomic mass is 9.46. The van der Waals surface area contributed by atoms with Gasteiger partial charge in [-0.2, -0.15) is 0 Å². The molecule has 4 fully saturated rings. The van der Waals surface area contributed by atoms with E-state index < -0.39 is 5.60 Å². The number of Topliss-reactive ketones (excluding diaryl/α,β-unsaturated/α-hetero) is 1. The minimum atomic E-state index is -1.31. The second-order valence-corrected chi connectivity index (χ2v) is 10.7. The molecule has 0 unspecified atom stereocenters. The van der Waals surface area contributed by atoms with Crippen molar-refractivity contribution in [3.05, 3.63) is 11.6 Å². The summed E-state index contributed by atoms with van der Waals surface area (Å²) in [7, 11) is 0. The third kappa shape index (κ3) is 2.52. The number of ketones is 1. The van der Waals surface area contributed by atoms with Crippen molar-refractivity contribution in [1.29, 1.82) is 0 Å². The maximum atomic E-state index is 12.8. The first-order chi connectivity index (χ1) is 13.7. The van der Waals surface area contributed by atoms with Crippen LogP contribution in [0, 0.1) is 28.6 Å². The first-order valence-electron chi connectivity index (χ1n) is 11.4. The number of aliphatic hydroxyl groups is 1. The van der Waals surface area contributed by atoms with Crippen LogP contribution in [0.25, 0.3) is 0 Å². The van der Waals surface area contributed by atoms with Gasteiger partial charge in [0.15, 0.2) is 11.4 Å². The van der Waals surface area contributed by atoms with Gasteiger partial charge in [0.25, 0.3) is 0 Å². The highest BCUT2D eigenvalue weighted by molar-refractivity contribution is 5.90. The Morgan fingerprint density at radius 2 is 2.03 bits per heavy atom. The molecule has 5 nitrogen and oxygen atoms in total. The topological polar surface area (TPSA) is 72.8 Å². The molecule has 1 N–H and O–H groups in total. The minimum Gasteiger partial charge on any atom is -0.462 e. The lowest BCUT2D eigenvalue weighted by molar-refractivity contribution is -0.193. The lowest BCUT2D eigenvalue weighted by Gasteiger charge is -2.58. The summed E-state index contributed by atoms with van der Waals surface area (Å²) < 4.78 is 11.5. The smallest absolute Gasteiger partial charge is 0.302 e. The van der Waals surface area contributed by atoms with Gasteiger partial charge in [0.1, 0.15) is 6.10 Å². The van der Waals surface area contributed by atoms with Crippen molar-refractivity contribution in [3.8, 4) is 0 Å². The number of hydrogen-bond acceptors (Lipinski definition) is 5. The molecule has 0 aromatic carbocycles. The molecule has 5 heteroatoms. The fourth-order valence-electron chi connectivity index (χ4n) is 8.13. The molecule has 1 aliphatic heterocycles. The van der Waals surface area contributed by atoms with Crippen molar-refractivity contribution >= 4 is 11.8 Å². The maximum Gasteiger partial charge on any atom is 0.302 e. The molecule has 5 aliphatic rings. The van der Waals surface area contributed by atoms with E-state index >= 15 is 0 Å². The molecule has 8 atom stereocenters. The zero-order valence-corrected chi connectivity index (χ0v) is 17.9. The van der Waals surface area contributed by atoms with Crippen LogP contribution >= 0.6 is 0 Å². The van der Waals surface area contributed by atoms with Crippen LogP contribution in [0.5, 0.6) is 0 Å². The number of ether oxygens (including phenoxy) is 2. The van der Waals surface area contributed by atoms with Gasteiger partial charge in [0, 0.05) is 25.2 Å². The number of hydrogen-bond donors (Lipinski definition) is 1. The third-order valence-electron chi connectivity index (χ3n) is 9.66. The van der Waals surface area contributed by atoms with E-state index in [1.165, 1.54) is 12.5 Å². The van der Waals surface area contributed by atoms with Crippen molar-refractivity contribution in [2.45, 2.75) is 89.9 Å². The fourth-order valence-corrected chi connectivity index (χ4v) is 8.13. The zero-order valence-electron chi connectivity index (χ0n) is 17.9. The Labute approximate surface area is 173 Å². The van der Waals surface area contributed by atoms with Gasteiger partial charge in [-0.1, -0.05) is 25.5 Å². The molecule has 0 bridgehead atoms. The molecule has 5 rings (SSSR count). The fraction of sp³-hybridized carbons (Fsp3) is 0.833. The highest BCUT2D eigenvalue weighted by atomic mass is 16.5. The Morgan fingerprint density at radius 1 is 1.24 bits per heavy atom. The molecular formula is C24H34O5. The highest BCUT2D eigenvalue weighted by Gasteiger charge is 2.70. The summed E-state index contributed by atoms with van der Waals surface area (Å²) in [4.78, 5) is 24.3. The first kappa shape index (κ1) is 19.7. The van der Waals surface area contributed by atoms with E-state index in [-0.39, 0.29) is 34.8 Å². The normalized spacial score (nSPS) is 51.2. The molecule has 29 heavy (non-hydrogen) atoms. The zero-order chi connectivity index (χ0) is 20.6. The quantitative estimate of drug-likeness (QED) is 0.536. The number of rotatable bonds is 1. The Balaban J connectivity index is 1.45. The average molecular weight is 403 g/mol. The number of fused-ring (bicyclic) bond motifs is 7. The van der Waals surface area contributed by atoms with Gasteiger partial charge < -0.3 is 14.6 Å². The van der Waals surface area contributed by atoms with E-state index in [1.54, 1.807) is 0 Å². The van der Waals surface area contributed by atoms with E-state index in [0.717, 1.165) is 44.9 Å². The van der Waals surface area contributed by atoms with Crippen LogP contribution in [0.15, 0.2) is 11.6 Å². The Bertz CT molecular complexity index is 773. The van der Waals surface area contributed by atoms with E-state index in [1.807, 2.05) is 0 Å². The summed E-state index contributed by atoms with van der Waals surface area (Å²) >= 11 is 0.